The van der Waals surface area contributed by atoms with E-state index in [4.69, 9.17) is 11.6 Å². The zero-order valence-corrected chi connectivity index (χ0v) is 17.5. The van der Waals surface area contributed by atoms with Crippen molar-refractivity contribution in [3.8, 4) is 0 Å². The van der Waals surface area contributed by atoms with Crippen LogP contribution in [0.25, 0.3) is 10.9 Å². The number of thioether (sulfide) groups is 1. The molecule has 0 bridgehead atoms. The molecule has 0 atom stereocenters. The van der Waals surface area contributed by atoms with Crippen molar-refractivity contribution >= 4 is 40.2 Å². The Balaban J connectivity index is 1.72. The SMILES string of the molecule is C=CCn1c(SCC(=O)NC2CCCCCCC2)nc2ccc(Cl)cc2c1=O. The van der Waals surface area contributed by atoms with Crippen molar-refractivity contribution in [1.29, 1.82) is 0 Å². The second-order valence-corrected chi connectivity index (χ2v) is 8.54. The first-order valence-electron chi connectivity index (χ1n) is 9.81. The van der Waals surface area contributed by atoms with E-state index < -0.39 is 0 Å². The van der Waals surface area contributed by atoms with Crippen LogP contribution < -0.4 is 10.9 Å². The van der Waals surface area contributed by atoms with Gasteiger partial charge in [0.25, 0.3) is 5.56 Å². The number of allylic oxidation sites excluding steroid dienone is 1. The highest BCUT2D eigenvalue weighted by Gasteiger charge is 2.16. The van der Waals surface area contributed by atoms with Crippen LogP contribution in [0.2, 0.25) is 5.02 Å². The van der Waals surface area contributed by atoms with Crippen molar-refractivity contribution in [1.82, 2.24) is 14.9 Å². The van der Waals surface area contributed by atoms with Crippen LogP contribution in [0, 0.1) is 0 Å². The Morgan fingerprint density at radius 1 is 1.29 bits per heavy atom. The van der Waals surface area contributed by atoms with E-state index in [1.807, 2.05) is 0 Å². The number of hydrogen-bond donors (Lipinski definition) is 1. The first kappa shape index (κ1) is 20.9. The number of carbonyl (C=O) groups is 1. The fourth-order valence-corrected chi connectivity index (χ4v) is 4.56. The van der Waals surface area contributed by atoms with Crippen molar-refractivity contribution in [2.75, 3.05) is 5.75 Å². The van der Waals surface area contributed by atoms with Crippen LogP contribution in [0.4, 0.5) is 0 Å². The van der Waals surface area contributed by atoms with Crippen LogP contribution in [0.15, 0.2) is 40.8 Å². The summed E-state index contributed by atoms with van der Waals surface area (Å²) in [5.41, 5.74) is 0.410. The third-order valence-corrected chi connectivity index (χ3v) is 6.21. The number of fused-ring (bicyclic) bond motifs is 1. The van der Waals surface area contributed by atoms with Crippen LogP contribution in [-0.2, 0) is 11.3 Å². The predicted octanol–water partition coefficient (Wildman–Crippen LogP) is 4.56. The van der Waals surface area contributed by atoms with Crippen LogP contribution in [0.3, 0.4) is 0 Å². The Morgan fingerprint density at radius 2 is 2.00 bits per heavy atom. The number of amides is 1. The van der Waals surface area contributed by atoms with Crippen LogP contribution in [-0.4, -0.2) is 27.3 Å². The summed E-state index contributed by atoms with van der Waals surface area (Å²) < 4.78 is 1.54. The smallest absolute Gasteiger partial charge is 0.262 e. The molecule has 28 heavy (non-hydrogen) atoms. The van der Waals surface area contributed by atoms with Gasteiger partial charge in [0.1, 0.15) is 0 Å². The van der Waals surface area contributed by atoms with Gasteiger partial charge in [-0.1, -0.05) is 61.5 Å². The zero-order chi connectivity index (χ0) is 19.9. The van der Waals surface area contributed by atoms with Gasteiger partial charge in [-0.2, -0.15) is 0 Å². The summed E-state index contributed by atoms with van der Waals surface area (Å²) in [7, 11) is 0. The van der Waals surface area contributed by atoms with Crippen molar-refractivity contribution in [3.05, 3.63) is 46.2 Å². The summed E-state index contributed by atoms with van der Waals surface area (Å²) in [6.45, 7) is 4.06. The number of hydrogen-bond acceptors (Lipinski definition) is 4. The topological polar surface area (TPSA) is 64.0 Å². The number of aromatic nitrogens is 2. The molecule has 1 aliphatic rings. The minimum absolute atomic E-state index is 0.00817. The van der Waals surface area contributed by atoms with Gasteiger partial charge >= 0.3 is 0 Å². The molecule has 1 saturated carbocycles. The lowest BCUT2D eigenvalue weighted by Gasteiger charge is -2.21. The van der Waals surface area contributed by atoms with E-state index in [1.54, 1.807) is 28.8 Å². The largest absolute Gasteiger partial charge is 0.353 e. The van der Waals surface area contributed by atoms with E-state index in [9.17, 15) is 9.59 Å². The Labute approximate surface area is 174 Å². The molecule has 1 aromatic carbocycles. The fraction of sp³-hybridized carbons (Fsp3) is 0.476. The Hall–Kier alpha value is -1.79. The molecule has 5 nitrogen and oxygen atoms in total. The number of halogens is 1. The Kier molecular flexibility index (Phi) is 7.57. The summed E-state index contributed by atoms with van der Waals surface area (Å²) in [5.74, 6) is 0.227. The molecular weight excluding hydrogens is 394 g/mol. The number of carbonyl (C=O) groups excluding carboxylic acids is 1. The van der Waals surface area contributed by atoms with E-state index in [-0.39, 0.29) is 23.3 Å². The van der Waals surface area contributed by atoms with E-state index in [1.165, 1.54) is 43.9 Å². The first-order valence-corrected chi connectivity index (χ1v) is 11.2. The van der Waals surface area contributed by atoms with Crippen molar-refractivity contribution in [2.24, 2.45) is 0 Å². The minimum atomic E-state index is -0.171. The molecule has 7 heteroatoms. The summed E-state index contributed by atoms with van der Waals surface area (Å²) in [6.07, 6.45) is 9.89. The highest BCUT2D eigenvalue weighted by molar-refractivity contribution is 7.99. The standard InChI is InChI=1S/C21H26ClN3O2S/c1-2-12-25-20(27)17-13-15(22)10-11-18(17)24-21(25)28-14-19(26)23-16-8-6-4-3-5-7-9-16/h2,10-11,13,16H,1,3-9,12,14H2,(H,23,26). The number of nitrogens with zero attached hydrogens (tertiary/aromatic N) is 2. The van der Waals surface area contributed by atoms with Crippen LogP contribution >= 0.6 is 23.4 Å². The molecule has 1 fully saturated rings. The lowest BCUT2D eigenvalue weighted by molar-refractivity contribution is -0.119. The van der Waals surface area contributed by atoms with E-state index >= 15 is 0 Å². The number of rotatable bonds is 6. The average Bonchev–Trinajstić information content (AvgIpc) is 2.65. The van der Waals surface area contributed by atoms with Crippen LogP contribution in [0.1, 0.15) is 44.9 Å². The summed E-state index contributed by atoms with van der Waals surface area (Å²) in [6, 6.07) is 5.33. The third-order valence-electron chi connectivity index (χ3n) is 5.00. The van der Waals surface area contributed by atoms with Gasteiger partial charge < -0.3 is 5.32 Å². The van der Waals surface area contributed by atoms with Crippen LogP contribution in [0.5, 0.6) is 0 Å². The lowest BCUT2D eigenvalue weighted by atomic mass is 9.97. The minimum Gasteiger partial charge on any atom is -0.353 e. The molecule has 150 valence electrons. The van der Waals surface area contributed by atoms with Crippen molar-refractivity contribution < 1.29 is 4.79 Å². The van der Waals surface area contributed by atoms with Gasteiger partial charge in [-0.25, -0.2) is 4.98 Å². The average molecular weight is 420 g/mol. The van der Waals surface area contributed by atoms with E-state index in [0.717, 1.165) is 12.8 Å². The Bertz CT molecular complexity index is 904. The molecule has 0 spiro atoms. The second kappa shape index (κ2) is 10.1. The molecule has 0 unspecified atom stereocenters. The summed E-state index contributed by atoms with van der Waals surface area (Å²) in [4.78, 5) is 29.9. The predicted molar refractivity (Wildman–Crippen MR) is 116 cm³/mol. The van der Waals surface area contributed by atoms with Gasteiger partial charge in [0, 0.05) is 17.6 Å². The zero-order valence-electron chi connectivity index (χ0n) is 16.0. The number of benzene rings is 1. The fourth-order valence-electron chi connectivity index (χ4n) is 3.57. The van der Waals surface area contributed by atoms with E-state index in [0.29, 0.717) is 27.6 Å². The summed E-state index contributed by atoms with van der Waals surface area (Å²) in [5, 5.41) is 4.64. The molecule has 1 aromatic heterocycles. The van der Waals surface area contributed by atoms with E-state index in [2.05, 4.69) is 16.9 Å². The molecule has 0 aliphatic heterocycles. The second-order valence-electron chi connectivity index (χ2n) is 7.16. The molecule has 1 heterocycles. The normalized spacial score (nSPS) is 15.8. The molecule has 2 aromatic rings. The lowest BCUT2D eigenvalue weighted by Crippen LogP contribution is -2.36. The van der Waals surface area contributed by atoms with Gasteiger partial charge in [-0.15, -0.1) is 6.58 Å². The van der Waals surface area contributed by atoms with Gasteiger partial charge in [-0.05, 0) is 31.0 Å². The quantitative estimate of drug-likeness (QED) is 0.423. The van der Waals surface area contributed by atoms with Gasteiger partial charge in [-0.3, -0.25) is 14.2 Å². The molecule has 0 saturated heterocycles. The molecular formula is C21H26ClN3O2S. The maximum Gasteiger partial charge on any atom is 0.262 e. The first-order chi connectivity index (χ1) is 13.6. The molecule has 0 radical (unpaired) electrons. The van der Waals surface area contributed by atoms with Gasteiger partial charge in [0.2, 0.25) is 5.91 Å². The number of nitrogens with one attached hydrogen (secondary N) is 1. The monoisotopic (exact) mass is 419 g/mol. The van der Waals surface area contributed by atoms with Crippen molar-refractivity contribution in [3.63, 3.8) is 0 Å². The highest BCUT2D eigenvalue weighted by atomic mass is 35.5. The maximum absolute atomic E-state index is 12.8. The maximum atomic E-state index is 12.8. The molecule has 3 rings (SSSR count). The summed E-state index contributed by atoms with van der Waals surface area (Å²) >= 11 is 7.31. The molecule has 1 amide bonds. The molecule has 1 N–H and O–H groups in total. The molecule has 1 aliphatic carbocycles. The van der Waals surface area contributed by atoms with Gasteiger partial charge in [0.05, 0.1) is 16.7 Å². The van der Waals surface area contributed by atoms with Crippen molar-refractivity contribution in [2.45, 2.75) is 62.7 Å². The highest BCUT2D eigenvalue weighted by Crippen LogP contribution is 2.21. The van der Waals surface area contributed by atoms with Gasteiger partial charge in [0.15, 0.2) is 5.16 Å². The third kappa shape index (κ3) is 5.39. The Morgan fingerprint density at radius 3 is 2.71 bits per heavy atom.